The van der Waals surface area contributed by atoms with Gasteiger partial charge in [-0.3, -0.25) is 18.6 Å². The topological polar surface area (TPSA) is 91.4 Å². The van der Waals surface area contributed by atoms with Crippen molar-refractivity contribution >= 4 is 40.0 Å². The van der Waals surface area contributed by atoms with Gasteiger partial charge in [0.2, 0.25) is 0 Å². The smallest absolute Gasteiger partial charge is 0.263 e. The van der Waals surface area contributed by atoms with Gasteiger partial charge in [-0.2, -0.15) is 0 Å². The zero-order valence-electron chi connectivity index (χ0n) is 16.4. The fourth-order valence-electron chi connectivity index (χ4n) is 3.64. The maximum Gasteiger partial charge on any atom is 0.263 e. The van der Waals surface area contributed by atoms with Gasteiger partial charge in [0.15, 0.2) is 10.8 Å². The molecule has 0 saturated carbocycles. The van der Waals surface area contributed by atoms with E-state index in [1.807, 2.05) is 0 Å². The summed E-state index contributed by atoms with van der Waals surface area (Å²) >= 11 is 7.33. The molecule has 5 heterocycles. The number of halogens is 1. The van der Waals surface area contributed by atoms with E-state index in [1.54, 1.807) is 41.2 Å². The second-order valence-electron chi connectivity index (χ2n) is 7.27. The van der Waals surface area contributed by atoms with Crippen LogP contribution in [-0.2, 0) is 17.0 Å². The highest BCUT2D eigenvalue weighted by Crippen LogP contribution is 2.23. The Morgan fingerprint density at radius 3 is 2.97 bits per heavy atom. The van der Waals surface area contributed by atoms with E-state index < -0.39 is 0 Å². The van der Waals surface area contributed by atoms with Crippen LogP contribution >= 0.6 is 23.4 Å². The number of pyridine rings is 2. The van der Waals surface area contributed by atoms with Crippen LogP contribution in [0.25, 0.3) is 16.7 Å². The minimum atomic E-state index is -0.215. The Balaban J connectivity index is 1.50. The molecule has 4 aromatic rings. The molecule has 1 aliphatic rings. The molecule has 1 atom stereocenters. The molecule has 1 fully saturated rings. The Hall–Kier alpha value is -2.75. The second kappa shape index (κ2) is 8.41. The maximum atomic E-state index is 13.1. The van der Waals surface area contributed by atoms with E-state index in [1.165, 1.54) is 22.2 Å². The lowest BCUT2D eigenvalue weighted by Gasteiger charge is -2.16. The van der Waals surface area contributed by atoms with E-state index in [0.717, 1.165) is 12.8 Å². The highest BCUT2D eigenvalue weighted by atomic mass is 35.5. The van der Waals surface area contributed by atoms with Crippen LogP contribution in [0.1, 0.15) is 18.5 Å². The van der Waals surface area contributed by atoms with Gasteiger partial charge in [-0.15, -0.1) is 0 Å². The van der Waals surface area contributed by atoms with Gasteiger partial charge < -0.3 is 4.74 Å². The minimum Gasteiger partial charge on any atom is -0.376 e. The van der Waals surface area contributed by atoms with Crippen LogP contribution in [0.4, 0.5) is 0 Å². The zero-order chi connectivity index (χ0) is 21.4. The van der Waals surface area contributed by atoms with Gasteiger partial charge in [-0.1, -0.05) is 23.4 Å². The maximum absolute atomic E-state index is 13.1. The lowest BCUT2D eigenvalue weighted by molar-refractivity contribution is 0.0937. The number of ether oxygens (including phenoxy) is 1. The van der Waals surface area contributed by atoms with E-state index in [0.29, 0.717) is 51.5 Å². The summed E-state index contributed by atoms with van der Waals surface area (Å²) < 4.78 is 8.79. The molecule has 4 aromatic heterocycles. The SMILES string of the molecule is O=c1c2cccnc2nc(SCc2cc(=O)n3cc(Cl)ccc3n2)n1C[C@@H]1CCCO1. The fourth-order valence-corrected chi connectivity index (χ4v) is 4.69. The van der Waals surface area contributed by atoms with Gasteiger partial charge in [0.25, 0.3) is 11.1 Å². The third-order valence-corrected chi connectivity index (χ3v) is 6.36. The molecule has 5 rings (SSSR count). The van der Waals surface area contributed by atoms with Crippen molar-refractivity contribution in [2.24, 2.45) is 0 Å². The van der Waals surface area contributed by atoms with Crippen molar-refractivity contribution in [2.45, 2.75) is 36.4 Å². The molecule has 8 nitrogen and oxygen atoms in total. The quantitative estimate of drug-likeness (QED) is 0.337. The van der Waals surface area contributed by atoms with Crippen LogP contribution in [0, 0.1) is 0 Å². The number of hydrogen-bond acceptors (Lipinski definition) is 7. The molecule has 1 saturated heterocycles. The van der Waals surface area contributed by atoms with E-state index in [2.05, 4.69) is 15.0 Å². The second-order valence-corrected chi connectivity index (χ2v) is 8.65. The lowest BCUT2D eigenvalue weighted by Crippen LogP contribution is -2.29. The van der Waals surface area contributed by atoms with Gasteiger partial charge in [0.05, 0.1) is 28.8 Å². The highest BCUT2D eigenvalue weighted by Gasteiger charge is 2.20. The average molecular weight is 456 g/mol. The molecule has 1 aliphatic heterocycles. The number of aromatic nitrogens is 5. The predicted molar refractivity (Wildman–Crippen MR) is 119 cm³/mol. The average Bonchev–Trinajstić information content (AvgIpc) is 3.28. The first-order chi connectivity index (χ1) is 15.1. The van der Waals surface area contributed by atoms with Gasteiger partial charge in [0, 0.05) is 30.8 Å². The van der Waals surface area contributed by atoms with Crippen LogP contribution in [0.3, 0.4) is 0 Å². The molecule has 0 bridgehead atoms. The molecule has 10 heteroatoms. The Bertz CT molecular complexity index is 1400. The monoisotopic (exact) mass is 455 g/mol. The first-order valence-electron chi connectivity index (χ1n) is 9.86. The summed E-state index contributed by atoms with van der Waals surface area (Å²) in [6, 6.07) is 8.32. The normalized spacial score (nSPS) is 16.4. The van der Waals surface area contributed by atoms with Crippen molar-refractivity contribution in [2.75, 3.05) is 6.61 Å². The Morgan fingerprint density at radius 2 is 2.13 bits per heavy atom. The molecular formula is C21H18ClN5O3S. The third kappa shape index (κ3) is 4.08. The molecule has 0 spiro atoms. The molecule has 0 radical (unpaired) electrons. The van der Waals surface area contributed by atoms with Crippen molar-refractivity contribution < 1.29 is 4.74 Å². The van der Waals surface area contributed by atoms with E-state index in [4.69, 9.17) is 16.3 Å². The van der Waals surface area contributed by atoms with Crippen molar-refractivity contribution in [3.05, 3.63) is 74.1 Å². The summed E-state index contributed by atoms with van der Waals surface area (Å²) in [6.07, 6.45) is 5.04. The molecule has 0 N–H and O–H groups in total. The fraction of sp³-hybridized carbons (Fsp3) is 0.286. The van der Waals surface area contributed by atoms with E-state index in [9.17, 15) is 9.59 Å². The van der Waals surface area contributed by atoms with Crippen molar-refractivity contribution in [3.63, 3.8) is 0 Å². The van der Waals surface area contributed by atoms with Gasteiger partial charge in [-0.05, 0) is 37.1 Å². The van der Waals surface area contributed by atoms with Gasteiger partial charge in [0.1, 0.15) is 5.65 Å². The standard InChI is InChI=1S/C21H18ClN5O3S/c22-13-5-6-17-24-14(9-18(28)26(17)10-13)12-31-21-25-19-16(4-1-7-23-19)20(29)27(21)11-15-3-2-8-30-15/h1,4-7,9-10,15H,2-3,8,11-12H2/t15-/m0/s1. The van der Waals surface area contributed by atoms with Crippen LogP contribution in [0.5, 0.6) is 0 Å². The molecule has 0 unspecified atom stereocenters. The van der Waals surface area contributed by atoms with E-state index >= 15 is 0 Å². The van der Waals surface area contributed by atoms with E-state index in [-0.39, 0.29) is 17.2 Å². The zero-order valence-corrected chi connectivity index (χ0v) is 18.0. The largest absolute Gasteiger partial charge is 0.376 e. The summed E-state index contributed by atoms with van der Waals surface area (Å²) in [5.74, 6) is 0.380. The van der Waals surface area contributed by atoms with Crippen molar-refractivity contribution in [1.29, 1.82) is 0 Å². The minimum absolute atomic E-state index is 0.0128. The predicted octanol–water partition coefficient (Wildman–Crippen LogP) is 2.92. The first-order valence-corrected chi connectivity index (χ1v) is 11.2. The van der Waals surface area contributed by atoms with Crippen LogP contribution in [0.2, 0.25) is 5.02 Å². The first kappa shape index (κ1) is 20.2. The number of nitrogens with zero attached hydrogens (tertiary/aromatic N) is 5. The summed E-state index contributed by atoms with van der Waals surface area (Å²) in [4.78, 5) is 39.0. The summed E-state index contributed by atoms with van der Waals surface area (Å²) in [6.45, 7) is 1.14. The molecule has 158 valence electrons. The Morgan fingerprint density at radius 1 is 1.23 bits per heavy atom. The summed E-state index contributed by atoms with van der Waals surface area (Å²) in [7, 11) is 0. The molecule has 31 heavy (non-hydrogen) atoms. The van der Waals surface area contributed by atoms with Crippen molar-refractivity contribution in [1.82, 2.24) is 23.9 Å². The molecule has 0 aliphatic carbocycles. The number of fused-ring (bicyclic) bond motifs is 2. The number of rotatable bonds is 5. The molecule has 0 amide bonds. The van der Waals surface area contributed by atoms with Crippen LogP contribution in [0.15, 0.2) is 57.5 Å². The summed E-state index contributed by atoms with van der Waals surface area (Å²) in [5, 5.41) is 1.47. The van der Waals surface area contributed by atoms with Gasteiger partial charge in [-0.25, -0.2) is 15.0 Å². The van der Waals surface area contributed by atoms with Crippen LogP contribution in [-0.4, -0.2) is 36.6 Å². The number of hydrogen-bond donors (Lipinski definition) is 0. The lowest BCUT2D eigenvalue weighted by atomic mass is 10.2. The van der Waals surface area contributed by atoms with Gasteiger partial charge >= 0.3 is 0 Å². The molecular weight excluding hydrogens is 438 g/mol. The molecule has 0 aromatic carbocycles. The Kier molecular flexibility index (Phi) is 5.47. The van der Waals surface area contributed by atoms with Crippen LogP contribution < -0.4 is 11.1 Å². The Labute approximate surface area is 185 Å². The highest BCUT2D eigenvalue weighted by molar-refractivity contribution is 7.98. The summed E-state index contributed by atoms with van der Waals surface area (Å²) in [5.41, 5.74) is 1.15. The van der Waals surface area contributed by atoms with Crippen molar-refractivity contribution in [3.8, 4) is 0 Å². The number of thioether (sulfide) groups is 1. The third-order valence-electron chi connectivity index (χ3n) is 5.13.